The highest BCUT2D eigenvalue weighted by Crippen LogP contribution is 2.29. The van der Waals surface area contributed by atoms with Crippen LogP contribution in [0.2, 0.25) is 5.02 Å². The lowest BCUT2D eigenvalue weighted by Crippen LogP contribution is -2.54. The van der Waals surface area contributed by atoms with E-state index in [9.17, 15) is 24.5 Å². The van der Waals surface area contributed by atoms with Crippen molar-refractivity contribution in [1.29, 1.82) is 0 Å². The number of nitrogens with one attached hydrogen (secondary N) is 1. The fourth-order valence-corrected chi connectivity index (χ4v) is 3.91. The van der Waals surface area contributed by atoms with Gasteiger partial charge in [-0.1, -0.05) is 39.7 Å². The normalized spacial score (nSPS) is 14.7. The standard InChI is InChI=1S/C24H15BrClN3O6/c25-16-4-9-21(35-13-14-2-1-3-17(26)10-14)15(11-16)12-20-22(30)27-24(32)28(23(20)31)18-5-7-19(8-6-18)29(33)34/h1-12H,13H2,(H,27,30,32)/b20-12+. The van der Waals surface area contributed by atoms with Gasteiger partial charge < -0.3 is 4.74 Å². The summed E-state index contributed by atoms with van der Waals surface area (Å²) in [7, 11) is 0. The average molecular weight is 557 g/mol. The molecule has 35 heavy (non-hydrogen) atoms. The first-order valence-electron chi connectivity index (χ1n) is 10.1. The number of rotatable bonds is 6. The van der Waals surface area contributed by atoms with E-state index in [1.165, 1.54) is 18.2 Å². The maximum Gasteiger partial charge on any atom is 0.335 e. The molecular formula is C24H15BrClN3O6. The number of benzene rings is 3. The van der Waals surface area contributed by atoms with Crippen LogP contribution in [0.1, 0.15) is 11.1 Å². The summed E-state index contributed by atoms with van der Waals surface area (Å²) in [6, 6.07) is 16.1. The van der Waals surface area contributed by atoms with E-state index in [0.717, 1.165) is 22.6 Å². The lowest BCUT2D eigenvalue weighted by atomic mass is 10.1. The summed E-state index contributed by atoms with van der Waals surface area (Å²) < 4.78 is 6.57. The summed E-state index contributed by atoms with van der Waals surface area (Å²) in [5, 5.41) is 13.6. The van der Waals surface area contributed by atoms with Gasteiger partial charge in [0.2, 0.25) is 0 Å². The minimum absolute atomic E-state index is 0.0724. The van der Waals surface area contributed by atoms with Gasteiger partial charge in [0, 0.05) is 27.2 Å². The van der Waals surface area contributed by atoms with E-state index >= 15 is 0 Å². The largest absolute Gasteiger partial charge is 0.488 e. The number of imide groups is 2. The molecule has 1 aliphatic rings. The summed E-state index contributed by atoms with van der Waals surface area (Å²) in [6.45, 7) is 0.186. The molecule has 4 rings (SSSR count). The molecule has 1 aliphatic heterocycles. The van der Waals surface area contributed by atoms with Crippen molar-refractivity contribution < 1.29 is 24.0 Å². The molecule has 0 saturated carbocycles. The van der Waals surface area contributed by atoms with Crippen molar-refractivity contribution in [2.24, 2.45) is 0 Å². The van der Waals surface area contributed by atoms with Gasteiger partial charge in [0.05, 0.1) is 10.6 Å². The molecule has 1 saturated heterocycles. The van der Waals surface area contributed by atoms with Crippen LogP contribution < -0.4 is 15.0 Å². The van der Waals surface area contributed by atoms with Crippen LogP contribution in [0.5, 0.6) is 5.75 Å². The van der Waals surface area contributed by atoms with E-state index in [4.69, 9.17) is 16.3 Å². The maximum absolute atomic E-state index is 13.2. The van der Waals surface area contributed by atoms with Gasteiger partial charge >= 0.3 is 6.03 Å². The van der Waals surface area contributed by atoms with E-state index in [2.05, 4.69) is 21.2 Å². The van der Waals surface area contributed by atoms with Crippen molar-refractivity contribution >= 4 is 62.8 Å². The highest BCUT2D eigenvalue weighted by Gasteiger charge is 2.37. The number of non-ortho nitro benzene ring substituents is 1. The van der Waals surface area contributed by atoms with Gasteiger partial charge in [0.15, 0.2) is 0 Å². The number of urea groups is 1. The molecule has 4 amide bonds. The number of barbiturate groups is 1. The monoisotopic (exact) mass is 555 g/mol. The zero-order chi connectivity index (χ0) is 25.1. The smallest absolute Gasteiger partial charge is 0.335 e. The highest BCUT2D eigenvalue weighted by atomic mass is 79.9. The molecule has 0 aromatic heterocycles. The molecule has 176 valence electrons. The zero-order valence-electron chi connectivity index (χ0n) is 17.7. The third-order valence-corrected chi connectivity index (χ3v) is 5.70. The predicted octanol–water partition coefficient (Wildman–Crippen LogP) is 5.26. The topological polar surface area (TPSA) is 119 Å². The highest BCUT2D eigenvalue weighted by molar-refractivity contribution is 9.10. The van der Waals surface area contributed by atoms with Crippen LogP contribution in [0.4, 0.5) is 16.2 Å². The third kappa shape index (κ3) is 5.39. The summed E-state index contributed by atoms with van der Waals surface area (Å²) in [5.41, 5.74) is 0.788. The summed E-state index contributed by atoms with van der Waals surface area (Å²) in [4.78, 5) is 49.2. The van der Waals surface area contributed by atoms with Crippen LogP contribution in [0.15, 0.2) is 76.8 Å². The second-order valence-corrected chi connectivity index (χ2v) is 8.68. The molecule has 0 spiro atoms. The number of amides is 4. The maximum atomic E-state index is 13.2. The Morgan fingerprint density at radius 3 is 2.49 bits per heavy atom. The number of carbonyl (C=O) groups is 3. The van der Waals surface area contributed by atoms with Crippen molar-refractivity contribution in [1.82, 2.24) is 5.32 Å². The van der Waals surface area contributed by atoms with Crippen molar-refractivity contribution in [3.63, 3.8) is 0 Å². The first kappa shape index (κ1) is 24.1. The second kappa shape index (κ2) is 10.1. The molecule has 1 fully saturated rings. The molecule has 0 unspecified atom stereocenters. The lowest BCUT2D eigenvalue weighted by Gasteiger charge is -2.26. The van der Waals surface area contributed by atoms with E-state index in [1.807, 2.05) is 6.07 Å². The fourth-order valence-electron chi connectivity index (χ4n) is 3.32. The number of hydrogen-bond donors (Lipinski definition) is 1. The van der Waals surface area contributed by atoms with Gasteiger partial charge in [-0.05, 0) is 54.1 Å². The fraction of sp³-hybridized carbons (Fsp3) is 0.0417. The van der Waals surface area contributed by atoms with E-state index in [0.29, 0.717) is 20.8 Å². The number of nitro groups is 1. The van der Waals surface area contributed by atoms with E-state index in [-0.39, 0.29) is 23.6 Å². The summed E-state index contributed by atoms with van der Waals surface area (Å²) in [5.74, 6) is -1.37. The van der Waals surface area contributed by atoms with Gasteiger partial charge in [0.1, 0.15) is 17.9 Å². The Kier molecular flexibility index (Phi) is 6.94. The molecule has 11 heteroatoms. The molecule has 3 aromatic rings. The molecule has 3 aromatic carbocycles. The van der Waals surface area contributed by atoms with Crippen LogP contribution in [0.3, 0.4) is 0 Å². The molecule has 9 nitrogen and oxygen atoms in total. The molecule has 1 heterocycles. The Morgan fingerprint density at radius 2 is 1.80 bits per heavy atom. The first-order valence-corrected chi connectivity index (χ1v) is 11.2. The van der Waals surface area contributed by atoms with Gasteiger partial charge in [-0.25, -0.2) is 9.69 Å². The van der Waals surface area contributed by atoms with Crippen LogP contribution in [-0.2, 0) is 16.2 Å². The molecular weight excluding hydrogens is 542 g/mol. The number of nitro benzene ring substituents is 1. The summed E-state index contributed by atoms with van der Waals surface area (Å²) in [6.07, 6.45) is 1.32. The second-order valence-electron chi connectivity index (χ2n) is 7.33. The minimum Gasteiger partial charge on any atom is -0.488 e. The molecule has 0 aliphatic carbocycles. The third-order valence-electron chi connectivity index (χ3n) is 4.98. The Bertz CT molecular complexity index is 1390. The van der Waals surface area contributed by atoms with Crippen molar-refractivity contribution in [2.75, 3.05) is 4.90 Å². The van der Waals surface area contributed by atoms with Crippen LogP contribution in [-0.4, -0.2) is 22.8 Å². The zero-order valence-corrected chi connectivity index (χ0v) is 20.1. The Balaban J connectivity index is 1.66. The van der Waals surface area contributed by atoms with E-state index in [1.54, 1.807) is 36.4 Å². The number of carbonyl (C=O) groups excluding carboxylic acids is 3. The predicted molar refractivity (Wildman–Crippen MR) is 132 cm³/mol. The Morgan fingerprint density at radius 1 is 1.06 bits per heavy atom. The number of ether oxygens (including phenoxy) is 1. The van der Waals surface area contributed by atoms with E-state index < -0.39 is 22.8 Å². The molecule has 1 N–H and O–H groups in total. The van der Waals surface area contributed by atoms with Crippen LogP contribution in [0.25, 0.3) is 6.08 Å². The summed E-state index contributed by atoms with van der Waals surface area (Å²) >= 11 is 9.39. The Labute approximate surface area is 212 Å². The number of hydrogen-bond acceptors (Lipinski definition) is 6. The van der Waals surface area contributed by atoms with Gasteiger partial charge in [0.25, 0.3) is 17.5 Å². The van der Waals surface area contributed by atoms with Crippen LogP contribution >= 0.6 is 27.5 Å². The molecule has 0 bridgehead atoms. The van der Waals surface area contributed by atoms with Crippen molar-refractivity contribution in [2.45, 2.75) is 6.61 Å². The number of nitrogens with zero attached hydrogens (tertiary/aromatic N) is 2. The quantitative estimate of drug-likeness (QED) is 0.192. The van der Waals surface area contributed by atoms with Crippen molar-refractivity contribution in [3.05, 3.63) is 103 Å². The first-order chi connectivity index (χ1) is 16.7. The van der Waals surface area contributed by atoms with Crippen LogP contribution in [0, 0.1) is 10.1 Å². The van der Waals surface area contributed by atoms with Gasteiger partial charge in [-0.15, -0.1) is 0 Å². The Hall–Kier alpha value is -4.02. The number of anilines is 1. The lowest BCUT2D eigenvalue weighted by molar-refractivity contribution is -0.384. The van der Waals surface area contributed by atoms with Gasteiger partial charge in [-0.3, -0.25) is 25.0 Å². The van der Waals surface area contributed by atoms with Gasteiger partial charge in [-0.2, -0.15) is 0 Å². The SMILES string of the molecule is O=C1NC(=O)N(c2ccc([N+](=O)[O-])cc2)C(=O)/C1=C/c1cc(Br)ccc1OCc1cccc(Cl)c1. The minimum atomic E-state index is -0.960. The van der Waals surface area contributed by atoms with Crippen molar-refractivity contribution in [3.8, 4) is 5.75 Å². The molecule has 0 atom stereocenters. The molecule has 0 radical (unpaired) electrons. The average Bonchev–Trinajstić information content (AvgIpc) is 2.81. The number of halogens is 2.